The van der Waals surface area contributed by atoms with Crippen LogP contribution in [0.25, 0.3) is 0 Å². The Hall–Kier alpha value is -3.77. The largest absolute Gasteiger partial charge is 0.342 e. The number of amides is 1. The lowest BCUT2D eigenvalue weighted by Gasteiger charge is -2.18. The first-order chi connectivity index (χ1) is 17.1. The number of nitrogens with zero attached hydrogens (tertiary/aromatic N) is 1. The predicted octanol–water partition coefficient (Wildman–Crippen LogP) is 5.67. The molecule has 1 N–H and O–H groups in total. The minimum absolute atomic E-state index is 0.115. The van der Waals surface area contributed by atoms with E-state index in [4.69, 9.17) is 0 Å². The molecule has 1 aromatic heterocycles. The summed E-state index contributed by atoms with van der Waals surface area (Å²) in [4.78, 5) is 31.4. The van der Waals surface area contributed by atoms with Crippen molar-refractivity contribution in [2.45, 2.75) is 29.5 Å². The smallest absolute Gasteiger partial charge is 0.251 e. The first kappa shape index (κ1) is 24.4. The van der Waals surface area contributed by atoms with Gasteiger partial charge in [0.15, 0.2) is 5.78 Å². The molecule has 4 aromatic rings. The van der Waals surface area contributed by atoms with Crippen molar-refractivity contribution in [2.24, 2.45) is 0 Å². The second-order valence-electron chi connectivity index (χ2n) is 8.12. The normalized spacial score (nSPS) is 11.6. The lowest BCUT2D eigenvalue weighted by Crippen LogP contribution is -2.43. The number of hydrogen-bond donors (Lipinski definition) is 1. The van der Waals surface area contributed by atoms with E-state index >= 15 is 0 Å². The first-order valence-electron chi connectivity index (χ1n) is 11.3. The van der Waals surface area contributed by atoms with Crippen LogP contribution in [0.3, 0.4) is 0 Å². The van der Waals surface area contributed by atoms with Gasteiger partial charge < -0.3 is 5.32 Å². The van der Waals surface area contributed by atoms with Gasteiger partial charge in [-0.2, -0.15) is 0 Å². The van der Waals surface area contributed by atoms with Crippen LogP contribution in [0, 0.1) is 5.82 Å². The number of carbonyl (C=O) groups excluding carboxylic acids is 2. The minimum atomic E-state index is -0.755. The molecule has 1 atom stereocenters. The molecule has 6 heteroatoms. The maximum Gasteiger partial charge on any atom is 0.251 e. The van der Waals surface area contributed by atoms with Gasteiger partial charge in [0.2, 0.25) is 0 Å². The van der Waals surface area contributed by atoms with Crippen molar-refractivity contribution in [2.75, 3.05) is 0 Å². The molecule has 35 heavy (non-hydrogen) atoms. The Bertz CT molecular complexity index is 1250. The van der Waals surface area contributed by atoms with E-state index in [1.54, 1.807) is 24.0 Å². The second kappa shape index (κ2) is 12.1. The summed E-state index contributed by atoms with van der Waals surface area (Å²) < 4.78 is 13.2. The highest BCUT2D eigenvalue weighted by atomic mass is 32.2. The molecule has 0 aliphatic heterocycles. The van der Waals surface area contributed by atoms with E-state index in [2.05, 4.69) is 22.4 Å². The molecule has 4 rings (SSSR count). The maximum absolute atomic E-state index is 13.2. The summed E-state index contributed by atoms with van der Waals surface area (Å²) in [6.07, 6.45) is 2.12. The second-order valence-corrected chi connectivity index (χ2v) is 9.17. The third-order valence-corrected chi connectivity index (χ3v) is 6.57. The summed E-state index contributed by atoms with van der Waals surface area (Å²) in [5.74, 6) is -0.0866. The van der Waals surface area contributed by atoms with Crippen molar-refractivity contribution < 1.29 is 14.0 Å². The van der Waals surface area contributed by atoms with E-state index in [1.807, 2.05) is 54.6 Å². The number of benzene rings is 3. The molecule has 4 nitrogen and oxygen atoms in total. The van der Waals surface area contributed by atoms with Crippen molar-refractivity contribution in [1.82, 2.24) is 10.3 Å². The average molecular weight is 485 g/mol. The Morgan fingerprint density at radius 2 is 1.54 bits per heavy atom. The molecular formula is C29H25FN2O2S. The summed E-state index contributed by atoms with van der Waals surface area (Å²) in [6.45, 7) is 0. The highest BCUT2D eigenvalue weighted by Crippen LogP contribution is 2.23. The van der Waals surface area contributed by atoms with E-state index in [9.17, 15) is 14.0 Å². The highest BCUT2D eigenvalue weighted by Gasteiger charge is 2.22. The van der Waals surface area contributed by atoms with Crippen LogP contribution in [0.2, 0.25) is 0 Å². The molecule has 0 unspecified atom stereocenters. The average Bonchev–Trinajstić information content (AvgIpc) is 2.89. The van der Waals surface area contributed by atoms with Crippen LogP contribution < -0.4 is 5.32 Å². The Morgan fingerprint density at radius 1 is 0.829 bits per heavy atom. The van der Waals surface area contributed by atoms with Crippen LogP contribution >= 0.6 is 11.8 Å². The fourth-order valence-electron chi connectivity index (χ4n) is 3.59. The quantitative estimate of drug-likeness (QED) is 0.295. The number of Topliss-reactive ketones (excluding diaryl/α,β-unsaturated/α-hetero) is 1. The van der Waals surface area contributed by atoms with Gasteiger partial charge in [0.1, 0.15) is 5.82 Å². The fourth-order valence-corrected chi connectivity index (χ4v) is 4.44. The molecule has 0 aliphatic rings. The van der Waals surface area contributed by atoms with Gasteiger partial charge in [0, 0.05) is 40.9 Å². The number of carbonyl (C=O) groups is 2. The van der Waals surface area contributed by atoms with E-state index in [1.165, 1.54) is 29.8 Å². The van der Waals surface area contributed by atoms with E-state index in [0.29, 0.717) is 11.3 Å². The number of ketones is 1. The summed E-state index contributed by atoms with van der Waals surface area (Å²) >= 11 is 1.74. The van der Waals surface area contributed by atoms with Crippen LogP contribution in [-0.2, 0) is 23.4 Å². The van der Waals surface area contributed by atoms with Gasteiger partial charge in [0.25, 0.3) is 5.91 Å². The van der Waals surface area contributed by atoms with Gasteiger partial charge in [0.05, 0.1) is 6.04 Å². The summed E-state index contributed by atoms with van der Waals surface area (Å²) in [5.41, 5.74) is 3.13. The van der Waals surface area contributed by atoms with Gasteiger partial charge >= 0.3 is 0 Å². The Balaban J connectivity index is 1.42. The lowest BCUT2D eigenvalue weighted by molar-refractivity contribution is -0.120. The van der Waals surface area contributed by atoms with Gasteiger partial charge in [-0.3, -0.25) is 14.6 Å². The number of halogens is 1. The van der Waals surface area contributed by atoms with Crippen LogP contribution in [0.4, 0.5) is 4.39 Å². The summed E-state index contributed by atoms with van der Waals surface area (Å²) in [5, 5.41) is 2.82. The third-order valence-electron chi connectivity index (χ3n) is 5.49. The standard InChI is InChI=1S/C29H25FN2O2S/c30-24-13-11-23(12-14-24)29(34)32-27(19-25-8-4-5-17-31-25)28(33)18-21-9-15-26(16-10-21)35-20-22-6-2-1-3-7-22/h1-17,27H,18-20H2,(H,32,34)/t27-/m0/s1. The number of nitrogens with one attached hydrogen (secondary N) is 1. The Kier molecular flexibility index (Phi) is 8.41. The summed E-state index contributed by atoms with van der Waals surface area (Å²) in [7, 11) is 0. The van der Waals surface area contributed by atoms with Crippen molar-refractivity contribution >= 4 is 23.5 Å². The molecule has 3 aromatic carbocycles. The van der Waals surface area contributed by atoms with Crippen molar-refractivity contribution in [3.63, 3.8) is 0 Å². The highest BCUT2D eigenvalue weighted by molar-refractivity contribution is 7.98. The minimum Gasteiger partial charge on any atom is -0.342 e. The fraction of sp³-hybridized carbons (Fsp3) is 0.138. The third kappa shape index (κ3) is 7.36. The number of hydrogen-bond acceptors (Lipinski definition) is 4. The van der Waals surface area contributed by atoms with Crippen LogP contribution in [0.1, 0.15) is 27.2 Å². The van der Waals surface area contributed by atoms with E-state index in [0.717, 1.165) is 16.2 Å². The molecular weight excluding hydrogens is 459 g/mol. The van der Waals surface area contributed by atoms with Gasteiger partial charge in [-0.15, -0.1) is 11.8 Å². The molecule has 0 radical (unpaired) electrons. The number of thioether (sulfide) groups is 1. The van der Waals surface area contributed by atoms with E-state index in [-0.39, 0.29) is 18.6 Å². The molecule has 1 amide bonds. The van der Waals surface area contributed by atoms with E-state index < -0.39 is 17.8 Å². The zero-order chi connectivity index (χ0) is 24.5. The zero-order valence-corrected chi connectivity index (χ0v) is 19.9. The molecule has 1 heterocycles. The molecule has 0 saturated heterocycles. The van der Waals surface area contributed by atoms with Gasteiger partial charge in [-0.1, -0.05) is 48.5 Å². The number of rotatable bonds is 10. The molecule has 0 fully saturated rings. The first-order valence-corrected chi connectivity index (χ1v) is 12.3. The monoisotopic (exact) mass is 484 g/mol. The molecule has 0 aliphatic carbocycles. The van der Waals surface area contributed by atoms with Crippen molar-refractivity contribution in [3.05, 3.63) is 131 Å². The maximum atomic E-state index is 13.2. The van der Waals surface area contributed by atoms with Crippen LogP contribution in [0.5, 0.6) is 0 Å². The lowest BCUT2D eigenvalue weighted by atomic mass is 9.99. The van der Waals surface area contributed by atoms with Gasteiger partial charge in [-0.25, -0.2) is 4.39 Å². The molecule has 0 spiro atoms. The van der Waals surface area contributed by atoms with Crippen LogP contribution in [0.15, 0.2) is 108 Å². The van der Waals surface area contributed by atoms with Crippen LogP contribution in [-0.4, -0.2) is 22.7 Å². The Morgan fingerprint density at radius 3 is 2.23 bits per heavy atom. The Labute approximate surface area is 208 Å². The zero-order valence-electron chi connectivity index (χ0n) is 19.1. The topological polar surface area (TPSA) is 59.1 Å². The molecule has 0 saturated carbocycles. The van der Waals surface area contributed by atoms with Crippen molar-refractivity contribution in [3.8, 4) is 0 Å². The SMILES string of the molecule is O=C(N[C@@H](Cc1ccccn1)C(=O)Cc1ccc(SCc2ccccc2)cc1)c1ccc(F)cc1. The number of pyridine rings is 1. The summed E-state index contributed by atoms with van der Waals surface area (Å²) in [6, 6.07) is 28.2. The molecule has 176 valence electrons. The predicted molar refractivity (Wildman–Crippen MR) is 137 cm³/mol. The van der Waals surface area contributed by atoms with Gasteiger partial charge in [-0.05, 0) is 59.7 Å². The van der Waals surface area contributed by atoms with Crippen molar-refractivity contribution in [1.29, 1.82) is 0 Å². The molecule has 0 bridgehead atoms. The number of aromatic nitrogens is 1.